The van der Waals surface area contributed by atoms with Gasteiger partial charge in [-0.2, -0.15) is 5.26 Å². The summed E-state index contributed by atoms with van der Waals surface area (Å²) in [4.78, 5) is 0. The third-order valence-electron chi connectivity index (χ3n) is 2.48. The van der Waals surface area contributed by atoms with Crippen LogP contribution in [0, 0.1) is 17.2 Å². The summed E-state index contributed by atoms with van der Waals surface area (Å²) in [7, 11) is 0. The fourth-order valence-electron chi connectivity index (χ4n) is 1.58. The van der Waals surface area contributed by atoms with E-state index < -0.39 is 0 Å². The number of ether oxygens (including phenoxy) is 1. The van der Waals surface area contributed by atoms with Gasteiger partial charge in [0.25, 0.3) is 0 Å². The van der Waals surface area contributed by atoms with Crippen molar-refractivity contribution >= 4 is 0 Å². The predicted octanol–water partition coefficient (Wildman–Crippen LogP) is 2.72. The maximum Gasteiger partial charge on any atom is 0.103 e. The van der Waals surface area contributed by atoms with Crippen molar-refractivity contribution in [3.05, 3.63) is 0 Å². The van der Waals surface area contributed by atoms with Crippen LogP contribution in [0.15, 0.2) is 0 Å². The van der Waals surface area contributed by atoms with Gasteiger partial charge in [0.05, 0.1) is 6.07 Å². The summed E-state index contributed by atoms with van der Waals surface area (Å²) in [6, 6.07) is 2.34. The summed E-state index contributed by atoms with van der Waals surface area (Å²) in [5, 5.41) is 12.3. The Bertz CT molecular complexity index is 210. The minimum Gasteiger partial charge on any atom is -0.381 e. The van der Waals surface area contributed by atoms with Gasteiger partial charge in [-0.05, 0) is 38.6 Å². The van der Waals surface area contributed by atoms with Crippen LogP contribution >= 0.6 is 0 Å². The van der Waals surface area contributed by atoms with Crippen LogP contribution < -0.4 is 5.32 Å². The average Bonchev–Trinajstić information content (AvgIpc) is 2.23. The van der Waals surface area contributed by atoms with Crippen LogP contribution in [0.3, 0.4) is 0 Å². The molecule has 3 nitrogen and oxygen atoms in total. The molecule has 0 aliphatic rings. The third-order valence-corrected chi connectivity index (χ3v) is 2.48. The molecule has 0 saturated carbocycles. The molecule has 0 radical (unpaired) electrons. The van der Waals surface area contributed by atoms with E-state index in [2.05, 4.69) is 25.2 Å². The van der Waals surface area contributed by atoms with Crippen LogP contribution in [0.5, 0.6) is 0 Å². The lowest BCUT2D eigenvalue weighted by atomic mass is 9.97. The van der Waals surface area contributed by atoms with Gasteiger partial charge in [0.2, 0.25) is 0 Å². The van der Waals surface area contributed by atoms with E-state index in [-0.39, 0.29) is 5.54 Å². The zero-order valence-corrected chi connectivity index (χ0v) is 11.2. The zero-order chi connectivity index (χ0) is 12.4. The summed E-state index contributed by atoms with van der Waals surface area (Å²) >= 11 is 0. The molecule has 0 fully saturated rings. The molecule has 0 aromatic carbocycles. The van der Waals surface area contributed by atoms with E-state index in [9.17, 15) is 0 Å². The smallest absolute Gasteiger partial charge is 0.103 e. The fourth-order valence-corrected chi connectivity index (χ4v) is 1.58. The van der Waals surface area contributed by atoms with Crippen molar-refractivity contribution in [1.29, 1.82) is 5.26 Å². The topological polar surface area (TPSA) is 45.0 Å². The Balaban J connectivity index is 3.53. The molecular weight excluding hydrogens is 200 g/mol. The summed E-state index contributed by atoms with van der Waals surface area (Å²) < 4.78 is 5.50. The lowest BCUT2D eigenvalue weighted by Gasteiger charge is -2.22. The number of hydrogen-bond donors (Lipinski definition) is 1. The molecule has 0 heterocycles. The molecule has 0 bridgehead atoms. The SMILES string of the molecule is CCNC(C)(C#N)CCCCOCC(C)C. The second-order valence-corrected chi connectivity index (χ2v) is 4.90. The van der Waals surface area contributed by atoms with Crippen LogP contribution in [0.25, 0.3) is 0 Å². The largest absolute Gasteiger partial charge is 0.381 e. The summed E-state index contributed by atoms with van der Waals surface area (Å²) in [6.07, 6.45) is 2.97. The molecule has 1 atom stereocenters. The quantitative estimate of drug-likeness (QED) is 0.615. The minimum atomic E-state index is -0.368. The fraction of sp³-hybridized carbons (Fsp3) is 0.923. The molecule has 0 rings (SSSR count). The number of unbranched alkanes of at least 4 members (excludes halogenated alkanes) is 1. The van der Waals surface area contributed by atoms with Crippen LogP contribution in [0.2, 0.25) is 0 Å². The Kier molecular flexibility index (Phi) is 8.23. The van der Waals surface area contributed by atoms with E-state index in [4.69, 9.17) is 10.00 Å². The van der Waals surface area contributed by atoms with E-state index in [0.717, 1.165) is 39.0 Å². The molecule has 0 saturated heterocycles. The van der Waals surface area contributed by atoms with Crippen LogP contribution in [-0.4, -0.2) is 25.3 Å². The number of nitrogens with one attached hydrogen (secondary N) is 1. The predicted molar refractivity (Wildman–Crippen MR) is 67.2 cm³/mol. The lowest BCUT2D eigenvalue weighted by molar-refractivity contribution is 0.105. The Morgan fingerprint density at radius 1 is 1.38 bits per heavy atom. The second-order valence-electron chi connectivity index (χ2n) is 4.90. The summed E-state index contributed by atoms with van der Waals surface area (Å²) in [5.41, 5.74) is -0.368. The Hall–Kier alpha value is -0.590. The van der Waals surface area contributed by atoms with Crippen molar-refractivity contribution < 1.29 is 4.74 Å². The standard InChI is InChI=1S/C13H26N2O/c1-5-15-13(4,11-14)8-6-7-9-16-10-12(2)3/h12,15H,5-10H2,1-4H3. The summed E-state index contributed by atoms with van der Waals surface area (Å²) in [5.74, 6) is 0.603. The maximum absolute atomic E-state index is 9.05. The number of hydrogen-bond acceptors (Lipinski definition) is 3. The van der Waals surface area contributed by atoms with Gasteiger partial charge < -0.3 is 4.74 Å². The molecule has 0 aliphatic heterocycles. The lowest BCUT2D eigenvalue weighted by Crippen LogP contribution is -2.40. The second kappa shape index (κ2) is 8.55. The molecule has 0 aromatic heterocycles. The van der Waals surface area contributed by atoms with Gasteiger partial charge in [-0.1, -0.05) is 20.8 Å². The van der Waals surface area contributed by atoms with Gasteiger partial charge in [0.15, 0.2) is 0 Å². The number of nitrogens with zero attached hydrogens (tertiary/aromatic N) is 1. The van der Waals surface area contributed by atoms with Gasteiger partial charge >= 0.3 is 0 Å². The van der Waals surface area contributed by atoms with Gasteiger partial charge in [-0.15, -0.1) is 0 Å². The van der Waals surface area contributed by atoms with E-state index in [1.165, 1.54) is 0 Å². The van der Waals surface area contributed by atoms with Gasteiger partial charge in [-0.3, -0.25) is 5.32 Å². The van der Waals surface area contributed by atoms with Crippen molar-refractivity contribution in [3.8, 4) is 6.07 Å². The third kappa shape index (κ3) is 7.67. The van der Waals surface area contributed by atoms with Crippen molar-refractivity contribution in [2.24, 2.45) is 5.92 Å². The Morgan fingerprint density at radius 2 is 2.06 bits per heavy atom. The molecule has 0 spiro atoms. The van der Waals surface area contributed by atoms with Crippen molar-refractivity contribution in [2.75, 3.05) is 19.8 Å². The zero-order valence-electron chi connectivity index (χ0n) is 11.2. The van der Waals surface area contributed by atoms with Crippen molar-refractivity contribution in [3.63, 3.8) is 0 Å². The Labute approximate surface area is 100 Å². The van der Waals surface area contributed by atoms with Crippen molar-refractivity contribution in [2.45, 2.75) is 52.5 Å². The van der Waals surface area contributed by atoms with Crippen LogP contribution in [0.4, 0.5) is 0 Å². The van der Waals surface area contributed by atoms with E-state index in [0.29, 0.717) is 5.92 Å². The first-order chi connectivity index (χ1) is 7.54. The molecule has 0 aliphatic carbocycles. The highest BCUT2D eigenvalue weighted by Crippen LogP contribution is 2.12. The van der Waals surface area contributed by atoms with E-state index >= 15 is 0 Å². The Morgan fingerprint density at radius 3 is 2.56 bits per heavy atom. The highest BCUT2D eigenvalue weighted by Gasteiger charge is 2.20. The van der Waals surface area contributed by atoms with Crippen LogP contribution in [0.1, 0.15) is 47.0 Å². The molecular formula is C13H26N2O. The molecule has 3 heteroatoms. The molecule has 94 valence electrons. The monoisotopic (exact) mass is 226 g/mol. The van der Waals surface area contributed by atoms with Crippen LogP contribution in [-0.2, 0) is 4.74 Å². The first kappa shape index (κ1) is 15.4. The first-order valence-electron chi connectivity index (χ1n) is 6.28. The van der Waals surface area contributed by atoms with Crippen molar-refractivity contribution in [1.82, 2.24) is 5.32 Å². The van der Waals surface area contributed by atoms with Gasteiger partial charge in [0.1, 0.15) is 5.54 Å². The normalized spacial score (nSPS) is 14.8. The highest BCUT2D eigenvalue weighted by atomic mass is 16.5. The number of rotatable bonds is 9. The average molecular weight is 226 g/mol. The molecule has 16 heavy (non-hydrogen) atoms. The van der Waals surface area contributed by atoms with E-state index in [1.54, 1.807) is 0 Å². The van der Waals surface area contributed by atoms with E-state index in [1.807, 2.05) is 13.8 Å². The summed E-state index contributed by atoms with van der Waals surface area (Å²) in [6.45, 7) is 10.8. The number of nitriles is 1. The van der Waals surface area contributed by atoms with Gasteiger partial charge in [0, 0.05) is 13.2 Å². The van der Waals surface area contributed by atoms with Gasteiger partial charge in [-0.25, -0.2) is 0 Å². The molecule has 1 unspecified atom stereocenters. The minimum absolute atomic E-state index is 0.368. The molecule has 1 N–H and O–H groups in total. The molecule has 0 aromatic rings. The first-order valence-corrected chi connectivity index (χ1v) is 6.28. The maximum atomic E-state index is 9.05. The molecule has 0 amide bonds. The highest BCUT2D eigenvalue weighted by molar-refractivity contribution is 5.03.